The molecule has 0 saturated carbocycles. The van der Waals surface area contributed by atoms with Crippen molar-refractivity contribution in [1.29, 1.82) is 0 Å². The minimum atomic E-state index is -4.25. The van der Waals surface area contributed by atoms with E-state index in [4.69, 9.17) is 10.5 Å². The number of hydrogen-bond acceptors (Lipinski definition) is 3. The van der Waals surface area contributed by atoms with E-state index in [1.54, 1.807) is 0 Å². The van der Waals surface area contributed by atoms with Crippen LogP contribution in [0.15, 0.2) is 0 Å². The first-order valence-corrected chi connectivity index (χ1v) is 5.12. The van der Waals surface area contributed by atoms with E-state index in [1.165, 1.54) is 0 Å². The largest absolute Gasteiger partial charge is 0.390 e. The van der Waals surface area contributed by atoms with Crippen LogP contribution < -0.4 is 11.1 Å². The van der Waals surface area contributed by atoms with Crippen LogP contribution in [0.5, 0.6) is 0 Å². The van der Waals surface area contributed by atoms with Crippen LogP contribution in [0.2, 0.25) is 0 Å². The van der Waals surface area contributed by atoms with E-state index in [1.807, 2.05) is 0 Å². The van der Waals surface area contributed by atoms with Crippen molar-refractivity contribution in [2.75, 3.05) is 13.1 Å². The number of nitrogens with two attached hydrogens (primary N) is 1. The lowest BCUT2D eigenvalue weighted by Gasteiger charge is -2.13. The maximum absolute atomic E-state index is 11.8. The number of halogens is 4. The predicted molar refractivity (Wildman–Crippen MR) is 57.9 cm³/mol. The van der Waals surface area contributed by atoms with Crippen molar-refractivity contribution in [3.05, 3.63) is 0 Å². The predicted octanol–water partition coefficient (Wildman–Crippen LogP) is 0.983. The Morgan fingerprint density at radius 2 is 2.06 bits per heavy atom. The van der Waals surface area contributed by atoms with Crippen LogP contribution in [-0.2, 0) is 9.53 Å². The van der Waals surface area contributed by atoms with Crippen molar-refractivity contribution in [3.8, 4) is 0 Å². The second-order valence-corrected chi connectivity index (χ2v) is 3.72. The third-order valence-corrected chi connectivity index (χ3v) is 2.37. The molecule has 1 aliphatic heterocycles. The second kappa shape index (κ2) is 7.03. The summed E-state index contributed by atoms with van der Waals surface area (Å²) in [6.45, 7) is -0.0815. The molecule has 0 aliphatic carbocycles. The standard InChI is InChI=1S/C9H15F3N2O2.ClH/c10-9(11,12)3-4-14-8(15)7-2-1-6(5-13)16-7;/h6-7H,1-5,13H2,(H,14,15);1H/t6-,7+;/m1./s1. The Bertz CT molecular complexity index is 251. The Balaban J connectivity index is 0.00000256. The highest BCUT2D eigenvalue weighted by atomic mass is 35.5. The smallest absolute Gasteiger partial charge is 0.364 e. The maximum atomic E-state index is 11.8. The quantitative estimate of drug-likeness (QED) is 0.805. The molecule has 0 spiro atoms. The van der Waals surface area contributed by atoms with E-state index in [0.29, 0.717) is 19.4 Å². The van der Waals surface area contributed by atoms with E-state index in [0.717, 1.165) is 0 Å². The second-order valence-electron chi connectivity index (χ2n) is 3.72. The van der Waals surface area contributed by atoms with Gasteiger partial charge in [-0.2, -0.15) is 13.2 Å². The van der Waals surface area contributed by atoms with Crippen LogP contribution >= 0.6 is 12.4 Å². The third-order valence-electron chi connectivity index (χ3n) is 2.37. The summed E-state index contributed by atoms with van der Waals surface area (Å²) in [7, 11) is 0. The van der Waals surface area contributed by atoms with Crippen molar-refractivity contribution in [1.82, 2.24) is 5.32 Å². The molecule has 1 heterocycles. The van der Waals surface area contributed by atoms with Gasteiger partial charge in [0.2, 0.25) is 5.91 Å². The zero-order valence-corrected chi connectivity index (χ0v) is 9.94. The molecule has 1 saturated heterocycles. The number of amides is 1. The third kappa shape index (κ3) is 6.09. The molecular formula is C9H16ClF3N2O2. The molecule has 1 rings (SSSR count). The lowest BCUT2D eigenvalue weighted by molar-refractivity contribution is -0.139. The molecule has 4 nitrogen and oxygen atoms in total. The molecule has 17 heavy (non-hydrogen) atoms. The van der Waals surface area contributed by atoms with Gasteiger partial charge in [-0.15, -0.1) is 12.4 Å². The van der Waals surface area contributed by atoms with Crippen molar-refractivity contribution in [2.45, 2.75) is 37.6 Å². The highest BCUT2D eigenvalue weighted by Crippen LogP contribution is 2.20. The van der Waals surface area contributed by atoms with Crippen LogP contribution in [0, 0.1) is 0 Å². The zero-order valence-electron chi connectivity index (χ0n) is 9.13. The SMILES string of the molecule is Cl.NC[C@H]1CC[C@@H](C(=O)NCCC(F)(F)F)O1. The molecule has 1 amide bonds. The van der Waals surface area contributed by atoms with Gasteiger partial charge in [0.15, 0.2) is 0 Å². The van der Waals surface area contributed by atoms with Gasteiger partial charge < -0.3 is 15.8 Å². The molecular weight excluding hydrogens is 261 g/mol. The van der Waals surface area contributed by atoms with E-state index < -0.39 is 31.2 Å². The summed E-state index contributed by atoms with van der Waals surface area (Å²) in [5.74, 6) is -0.486. The van der Waals surface area contributed by atoms with E-state index in [9.17, 15) is 18.0 Å². The summed E-state index contributed by atoms with van der Waals surface area (Å²) in [6, 6.07) is 0. The van der Waals surface area contributed by atoms with Gasteiger partial charge in [-0.3, -0.25) is 4.79 Å². The van der Waals surface area contributed by atoms with Gasteiger partial charge in [0.05, 0.1) is 12.5 Å². The fraction of sp³-hybridized carbons (Fsp3) is 0.889. The number of alkyl halides is 3. The summed E-state index contributed by atoms with van der Waals surface area (Å²) in [4.78, 5) is 11.3. The first-order chi connectivity index (χ1) is 7.42. The molecule has 0 aromatic carbocycles. The Hall–Kier alpha value is -0.530. The first kappa shape index (κ1) is 16.5. The molecule has 1 fully saturated rings. The highest BCUT2D eigenvalue weighted by molar-refractivity contribution is 5.85. The van der Waals surface area contributed by atoms with Gasteiger partial charge in [-0.25, -0.2) is 0 Å². The van der Waals surface area contributed by atoms with Crippen LogP contribution in [-0.4, -0.2) is 37.4 Å². The summed E-state index contributed by atoms with van der Waals surface area (Å²) in [5, 5.41) is 2.20. The molecule has 8 heteroatoms. The van der Waals surface area contributed by atoms with Crippen LogP contribution in [0.3, 0.4) is 0 Å². The van der Waals surface area contributed by atoms with Gasteiger partial charge in [-0.1, -0.05) is 0 Å². The number of rotatable bonds is 4. The van der Waals surface area contributed by atoms with Crippen LogP contribution in [0.25, 0.3) is 0 Å². The molecule has 0 bridgehead atoms. The fourth-order valence-electron chi connectivity index (χ4n) is 1.51. The normalized spacial score (nSPS) is 24.2. The summed E-state index contributed by atoms with van der Waals surface area (Å²) in [5.41, 5.74) is 5.35. The van der Waals surface area contributed by atoms with Gasteiger partial charge in [-0.05, 0) is 12.8 Å². The number of carbonyl (C=O) groups excluding carboxylic acids is 1. The van der Waals surface area contributed by atoms with Crippen LogP contribution in [0.1, 0.15) is 19.3 Å². The number of carbonyl (C=O) groups is 1. The summed E-state index contributed by atoms with van der Waals surface area (Å²) < 4.78 is 40.6. The Kier molecular flexibility index (Phi) is 6.81. The fourth-order valence-corrected chi connectivity index (χ4v) is 1.51. The number of hydrogen-bond donors (Lipinski definition) is 2. The Labute approximate surface area is 103 Å². The average Bonchev–Trinajstić information content (AvgIpc) is 2.63. The lowest BCUT2D eigenvalue weighted by atomic mass is 10.2. The van der Waals surface area contributed by atoms with E-state index >= 15 is 0 Å². The molecule has 1 aliphatic rings. The molecule has 2 atom stereocenters. The van der Waals surface area contributed by atoms with Crippen molar-refractivity contribution in [3.63, 3.8) is 0 Å². The van der Waals surface area contributed by atoms with E-state index in [2.05, 4.69) is 5.32 Å². The number of ether oxygens (including phenoxy) is 1. The first-order valence-electron chi connectivity index (χ1n) is 5.12. The minimum absolute atomic E-state index is 0. The molecule has 3 N–H and O–H groups in total. The number of nitrogens with one attached hydrogen (secondary N) is 1. The average molecular weight is 277 g/mol. The van der Waals surface area contributed by atoms with E-state index in [-0.39, 0.29) is 18.5 Å². The van der Waals surface area contributed by atoms with Crippen molar-refractivity contribution >= 4 is 18.3 Å². The summed E-state index contributed by atoms with van der Waals surface area (Å²) >= 11 is 0. The molecule has 0 aromatic heterocycles. The lowest BCUT2D eigenvalue weighted by Crippen LogP contribution is -2.37. The van der Waals surface area contributed by atoms with Gasteiger partial charge >= 0.3 is 6.18 Å². The zero-order chi connectivity index (χ0) is 12.2. The molecule has 0 radical (unpaired) electrons. The minimum Gasteiger partial charge on any atom is -0.364 e. The summed E-state index contributed by atoms with van der Waals surface area (Å²) in [6.07, 6.45) is -4.89. The van der Waals surface area contributed by atoms with Gasteiger partial charge in [0, 0.05) is 13.1 Å². The Morgan fingerprint density at radius 1 is 1.41 bits per heavy atom. The monoisotopic (exact) mass is 276 g/mol. The van der Waals surface area contributed by atoms with Crippen LogP contribution in [0.4, 0.5) is 13.2 Å². The van der Waals surface area contributed by atoms with Crippen molar-refractivity contribution < 1.29 is 22.7 Å². The topological polar surface area (TPSA) is 64.4 Å². The maximum Gasteiger partial charge on any atom is 0.390 e. The molecule has 0 aromatic rings. The van der Waals surface area contributed by atoms with Crippen molar-refractivity contribution in [2.24, 2.45) is 5.73 Å². The van der Waals surface area contributed by atoms with Gasteiger partial charge in [0.1, 0.15) is 6.10 Å². The molecule has 0 unspecified atom stereocenters. The molecule has 102 valence electrons. The highest BCUT2D eigenvalue weighted by Gasteiger charge is 2.31. The van der Waals surface area contributed by atoms with Gasteiger partial charge in [0.25, 0.3) is 0 Å². The Morgan fingerprint density at radius 3 is 2.53 bits per heavy atom.